The van der Waals surface area contributed by atoms with Crippen molar-refractivity contribution < 1.29 is 28.8 Å². The van der Waals surface area contributed by atoms with Crippen LogP contribution in [0, 0.1) is 0 Å². The molecule has 0 radical (unpaired) electrons. The summed E-state index contributed by atoms with van der Waals surface area (Å²) in [5.41, 5.74) is 2.96. The van der Waals surface area contributed by atoms with Gasteiger partial charge in [0.1, 0.15) is 12.4 Å². The molecule has 0 fully saturated rings. The first-order chi connectivity index (χ1) is 14.3. The molecule has 0 saturated carbocycles. The average molecular weight is 437 g/mol. The zero-order valence-electron chi connectivity index (χ0n) is 20.3. The Bertz CT molecular complexity index is 690. The van der Waals surface area contributed by atoms with Crippen molar-refractivity contribution in [1.82, 2.24) is 0 Å². The molecule has 0 aromatic heterocycles. The normalized spacial score (nSPS) is 12.1. The Kier molecular flexibility index (Phi) is 10.7. The van der Waals surface area contributed by atoms with E-state index in [-0.39, 0.29) is 17.4 Å². The molecule has 6 heteroatoms. The number of carbonyl (C=O) groups is 1. The molecule has 31 heavy (non-hydrogen) atoms. The van der Waals surface area contributed by atoms with Gasteiger partial charge in [-0.3, -0.25) is 0 Å². The molecule has 6 nitrogen and oxygen atoms in total. The second-order valence-electron chi connectivity index (χ2n) is 9.73. The first-order valence-corrected chi connectivity index (χ1v) is 10.8. The Balaban J connectivity index is 2.35. The van der Waals surface area contributed by atoms with Gasteiger partial charge in [0.05, 0.1) is 39.6 Å². The van der Waals surface area contributed by atoms with E-state index in [0.717, 1.165) is 16.7 Å². The van der Waals surface area contributed by atoms with Gasteiger partial charge in [-0.05, 0) is 46.6 Å². The second-order valence-corrected chi connectivity index (χ2v) is 9.73. The van der Waals surface area contributed by atoms with E-state index in [1.807, 2.05) is 12.1 Å². The van der Waals surface area contributed by atoms with Gasteiger partial charge in [0.2, 0.25) is 0 Å². The standard InChI is InChI=1S/C25H40O6/c1-18(2)23(27)31-14-13-29-10-9-28-11-12-30-17-19-15-20(24(3,4)5)22(26)21(16-19)25(6,7)8/h15-16,26H,1,9-14,17H2,2-8H3. The molecule has 1 aromatic rings. The van der Waals surface area contributed by atoms with Crippen molar-refractivity contribution in [2.24, 2.45) is 0 Å². The van der Waals surface area contributed by atoms with Crippen LogP contribution < -0.4 is 0 Å². The van der Waals surface area contributed by atoms with E-state index in [0.29, 0.717) is 51.0 Å². The van der Waals surface area contributed by atoms with E-state index in [4.69, 9.17) is 18.9 Å². The summed E-state index contributed by atoms with van der Waals surface area (Å²) in [7, 11) is 0. The number of phenols is 1. The number of aromatic hydroxyl groups is 1. The summed E-state index contributed by atoms with van der Waals surface area (Å²) < 4.78 is 21.6. The Morgan fingerprint density at radius 3 is 1.68 bits per heavy atom. The Morgan fingerprint density at radius 2 is 1.26 bits per heavy atom. The number of ether oxygens (including phenoxy) is 4. The number of esters is 1. The first-order valence-electron chi connectivity index (χ1n) is 10.8. The minimum absolute atomic E-state index is 0.161. The third kappa shape index (κ3) is 9.85. The minimum atomic E-state index is -0.408. The van der Waals surface area contributed by atoms with E-state index in [1.54, 1.807) is 6.92 Å². The smallest absolute Gasteiger partial charge is 0.333 e. The highest BCUT2D eigenvalue weighted by molar-refractivity contribution is 5.86. The predicted molar refractivity (Wildman–Crippen MR) is 123 cm³/mol. The molecular formula is C25H40O6. The van der Waals surface area contributed by atoms with Crippen molar-refractivity contribution in [1.29, 1.82) is 0 Å². The summed E-state index contributed by atoms with van der Waals surface area (Å²) >= 11 is 0. The lowest BCUT2D eigenvalue weighted by Gasteiger charge is -2.28. The van der Waals surface area contributed by atoms with Gasteiger partial charge < -0.3 is 24.1 Å². The molecular weight excluding hydrogens is 396 g/mol. The molecule has 0 aliphatic heterocycles. The topological polar surface area (TPSA) is 74.2 Å². The predicted octanol–water partition coefficient (Wildman–Crippen LogP) is 4.66. The summed E-state index contributed by atoms with van der Waals surface area (Å²) in [6.07, 6.45) is 0. The van der Waals surface area contributed by atoms with Crippen molar-refractivity contribution >= 4 is 5.97 Å². The monoisotopic (exact) mass is 436 g/mol. The van der Waals surface area contributed by atoms with Crippen molar-refractivity contribution in [3.05, 3.63) is 41.0 Å². The number of hydrogen-bond donors (Lipinski definition) is 1. The fourth-order valence-corrected chi connectivity index (χ4v) is 2.87. The van der Waals surface area contributed by atoms with Gasteiger partial charge in [-0.2, -0.15) is 0 Å². The van der Waals surface area contributed by atoms with Gasteiger partial charge in [0.25, 0.3) is 0 Å². The molecule has 0 spiro atoms. The average Bonchev–Trinajstić information content (AvgIpc) is 2.64. The van der Waals surface area contributed by atoms with Crippen LogP contribution in [-0.4, -0.2) is 50.7 Å². The fourth-order valence-electron chi connectivity index (χ4n) is 2.87. The molecule has 1 N–H and O–H groups in total. The van der Waals surface area contributed by atoms with Crippen LogP contribution in [0.5, 0.6) is 5.75 Å². The van der Waals surface area contributed by atoms with Gasteiger partial charge in [-0.1, -0.05) is 48.1 Å². The van der Waals surface area contributed by atoms with Gasteiger partial charge in [0, 0.05) is 5.57 Å². The zero-order chi connectivity index (χ0) is 23.7. The molecule has 0 amide bonds. The van der Waals surface area contributed by atoms with Crippen LogP contribution in [0.25, 0.3) is 0 Å². The van der Waals surface area contributed by atoms with Gasteiger partial charge in [-0.15, -0.1) is 0 Å². The zero-order valence-corrected chi connectivity index (χ0v) is 20.3. The summed E-state index contributed by atoms with van der Waals surface area (Å²) in [6, 6.07) is 4.06. The van der Waals surface area contributed by atoms with E-state index >= 15 is 0 Å². The van der Waals surface area contributed by atoms with Crippen molar-refractivity contribution in [2.45, 2.75) is 65.9 Å². The van der Waals surface area contributed by atoms with Crippen LogP contribution in [0.4, 0.5) is 0 Å². The molecule has 0 bridgehead atoms. The van der Waals surface area contributed by atoms with Crippen molar-refractivity contribution in [3.8, 4) is 5.75 Å². The minimum Gasteiger partial charge on any atom is -0.507 e. The Morgan fingerprint density at radius 1 is 0.839 bits per heavy atom. The summed E-state index contributed by atoms with van der Waals surface area (Å²) in [5, 5.41) is 10.8. The lowest BCUT2D eigenvalue weighted by Crippen LogP contribution is -2.18. The summed E-state index contributed by atoms with van der Waals surface area (Å²) in [5.74, 6) is -0.0312. The number of phenolic OH excluding ortho intramolecular Hbond substituents is 1. The summed E-state index contributed by atoms with van der Waals surface area (Å²) in [4.78, 5) is 11.2. The van der Waals surface area contributed by atoms with Gasteiger partial charge in [-0.25, -0.2) is 4.79 Å². The highest BCUT2D eigenvalue weighted by Gasteiger charge is 2.26. The Labute approximate surface area is 187 Å². The van der Waals surface area contributed by atoms with Crippen molar-refractivity contribution in [3.63, 3.8) is 0 Å². The molecule has 1 aromatic carbocycles. The van der Waals surface area contributed by atoms with Gasteiger partial charge in [0.15, 0.2) is 0 Å². The van der Waals surface area contributed by atoms with E-state index in [9.17, 15) is 9.90 Å². The largest absolute Gasteiger partial charge is 0.507 e. The van der Waals surface area contributed by atoms with E-state index in [2.05, 4.69) is 48.1 Å². The Hall–Kier alpha value is -1.89. The molecule has 176 valence electrons. The van der Waals surface area contributed by atoms with Crippen LogP contribution in [0.3, 0.4) is 0 Å². The van der Waals surface area contributed by atoms with E-state index in [1.165, 1.54) is 0 Å². The SMILES string of the molecule is C=C(C)C(=O)OCCOCCOCCOCc1cc(C(C)(C)C)c(O)c(C(C)(C)C)c1. The maximum Gasteiger partial charge on any atom is 0.333 e. The van der Waals surface area contributed by atoms with Crippen LogP contribution in [0.1, 0.15) is 65.2 Å². The molecule has 0 saturated heterocycles. The van der Waals surface area contributed by atoms with Crippen LogP contribution >= 0.6 is 0 Å². The van der Waals surface area contributed by atoms with Crippen LogP contribution in [0.2, 0.25) is 0 Å². The van der Waals surface area contributed by atoms with Crippen LogP contribution in [0.15, 0.2) is 24.3 Å². The highest BCUT2D eigenvalue weighted by atomic mass is 16.6. The number of rotatable bonds is 12. The molecule has 0 aliphatic carbocycles. The maximum absolute atomic E-state index is 11.2. The van der Waals surface area contributed by atoms with E-state index < -0.39 is 5.97 Å². The van der Waals surface area contributed by atoms with Crippen LogP contribution in [-0.2, 0) is 41.2 Å². The number of benzene rings is 1. The van der Waals surface area contributed by atoms with Gasteiger partial charge >= 0.3 is 5.97 Å². The molecule has 0 atom stereocenters. The van der Waals surface area contributed by atoms with Crippen molar-refractivity contribution in [2.75, 3.05) is 39.6 Å². The molecule has 1 rings (SSSR count). The number of carbonyl (C=O) groups excluding carboxylic acids is 1. The fraction of sp³-hybridized carbons (Fsp3) is 0.640. The quantitative estimate of drug-likeness (QED) is 0.292. The molecule has 0 unspecified atom stereocenters. The highest BCUT2D eigenvalue weighted by Crippen LogP contribution is 2.39. The maximum atomic E-state index is 11.2. The lowest BCUT2D eigenvalue weighted by molar-refractivity contribution is -0.140. The summed E-state index contributed by atoms with van der Waals surface area (Å²) in [6.45, 7) is 20.5. The third-order valence-electron chi connectivity index (χ3n) is 4.61. The second kappa shape index (κ2) is 12.2. The third-order valence-corrected chi connectivity index (χ3v) is 4.61. The first kappa shape index (κ1) is 27.1. The lowest BCUT2D eigenvalue weighted by atomic mass is 9.78. The number of hydrogen-bond acceptors (Lipinski definition) is 6. The molecule has 0 aliphatic rings. The molecule has 0 heterocycles.